The lowest BCUT2D eigenvalue weighted by Crippen LogP contribution is -2.08. The molecule has 1 aromatic carbocycles. The van der Waals surface area contributed by atoms with Gasteiger partial charge in [-0.1, -0.05) is 18.2 Å². The van der Waals surface area contributed by atoms with Crippen LogP contribution in [0.3, 0.4) is 0 Å². The van der Waals surface area contributed by atoms with Crippen LogP contribution in [-0.2, 0) is 19.3 Å². The van der Waals surface area contributed by atoms with Crippen molar-refractivity contribution in [3.63, 3.8) is 0 Å². The summed E-state index contributed by atoms with van der Waals surface area (Å²) in [4.78, 5) is 34.7. The Morgan fingerprint density at radius 1 is 1.06 bits per heavy atom. The third-order valence-electron chi connectivity index (χ3n) is 5.56. The van der Waals surface area contributed by atoms with Crippen LogP contribution in [0.25, 0.3) is 11.3 Å². The molecule has 0 radical (unpaired) electrons. The van der Waals surface area contributed by atoms with Gasteiger partial charge >= 0.3 is 0 Å². The molecule has 4 aromatic rings. The Morgan fingerprint density at radius 3 is 2.85 bits per heavy atom. The largest absolute Gasteiger partial charge is 0.292 e. The molecule has 0 amide bonds. The van der Waals surface area contributed by atoms with E-state index in [1.165, 1.54) is 6.07 Å². The van der Waals surface area contributed by atoms with Gasteiger partial charge in [0.15, 0.2) is 5.78 Å². The summed E-state index contributed by atoms with van der Waals surface area (Å²) in [6.07, 6.45) is 6.18. The van der Waals surface area contributed by atoms with E-state index in [1.54, 1.807) is 36.8 Å². The predicted molar refractivity (Wildman–Crippen MR) is 123 cm³/mol. The SMILES string of the molecule is Cc1cccc(C(=O)Cc2cc(Cc3ncccc3-c3ncnc4c3N=CC4)ccc2F)n1. The number of nitrogens with zero attached hydrogens (tertiary/aromatic N) is 5. The first-order valence-electron chi connectivity index (χ1n) is 10.6. The first-order valence-corrected chi connectivity index (χ1v) is 10.6. The van der Waals surface area contributed by atoms with Crippen molar-refractivity contribution < 1.29 is 9.18 Å². The van der Waals surface area contributed by atoms with Gasteiger partial charge in [-0.2, -0.15) is 0 Å². The van der Waals surface area contributed by atoms with Crippen molar-refractivity contribution in [2.45, 2.75) is 26.2 Å². The number of Topliss-reactive ketones (excluding diaryl/α,β-unsaturated/α-hetero) is 1. The van der Waals surface area contributed by atoms with Gasteiger partial charge in [0.05, 0.1) is 11.4 Å². The Bertz CT molecular complexity index is 1400. The van der Waals surface area contributed by atoms with Gasteiger partial charge in [0.25, 0.3) is 0 Å². The molecule has 0 unspecified atom stereocenters. The molecule has 3 aromatic heterocycles. The average Bonchev–Trinajstić information content (AvgIpc) is 3.31. The fourth-order valence-corrected chi connectivity index (χ4v) is 3.94. The number of pyridine rings is 2. The molecular formula is C26H20FN5O. The van der Waals surface area contributed by atoms with Gasteiger partial charge in [-0.15, -0.1) is 0 Å². The molecule has 33 heavy (non-hydrogen) atoms. The summed E-state index contributed by atoms with van der Waals surface area (Å²) in [5, 5.41) is 0. The van der Waals surface area contributed by atoms with E-state index >= 15 is 0 Å². The summed E-state index contributed by atoms with van der Waals surface area (Å²) < 4.78 is 14.5. The minimum Gasteiger partial charge on any atom is -0.292 e. The molecule has 6 nitrogen and oxygen atoms in total. The van der Waals surface area contributed by atoms with Crippen molar-refractivity contribution in [1.82, 2.24) is 19.9 Å². The van der Waals surface area contributed by atoms with E-state index in [2.05, 4.69) is 24.9 Å². The summed E-state index contributed by atoms with van der Waals surface area (Å²) in [5.74, 6) is -0.633. The highest BCUT2D eigenvalue weighted by atomic mass is 19.1. The summed E-state index contributed by atoms with van der Waals surface area (Å²) in [7, 11) is 0. The van der Waals surface area contributed by atoms with Crippen LogP contribution < -0.4 is 0 Å². The zero-order valence-electron chi connectivity index (χ0n) is 18.0. The van der Waals surface area contributed by atoms with E-state index in [4.69, 9.17) is 0 Å². The van der Waals surface area contributed by atoms with Crippen LogP contribution in [0.15, 0.2) is 66.0 Å². The molecule has 0 aliphatic carbocycles. The molecule has 7 heteroatoms. The highest BCUT2D eigenvalue weighted by molar-refractivity contribution is 5.95. The predicted octanol–water partition coefficient (Wildman–Crippen LogP) is 4.66. The number of aryl methyl sites for hydroxylation is 1. The van der Waals surface area contributed by atoms with Crippen LogP contribution in [0.4, 0.5) is 10.1 Å². The van der Waals surface area contributed by atoms with Crippen LogP contribution in [0, 0.1) is 12.7 Å². The topological polar surface area (TPSA) is 81.0 Å². The molecule has 0 atom stereocenters. The second-order valence-corrected chi connectivity index (χ2v) is 7.90. The van der Waals surface area contributed by atoms with E-state index in [-0.39, 0.29) is 12.2 Å². The Kier molecular flexibility index (Phi) is 5.52. The van der Waals surface area contributed by atoms with Crippen molar-refractivity contribution >= 4 is 17.7 Å². The number of hydrogen-bond acceptors (Lipinski definition) is 6. The van der Waals surface area contributed by atoms with E-state index in [0.29, 0.717) is 24.1 Å². The zero-order chi connectivity index (χ0) is 22.8. The number of rotatable bonds is 6. The van der Waals surface area contributed by atoms with E-state index in [9.17, 15) is 9.18 Å². The maximum atomic E-state index is 14.5. The van der Waals surface area contributed by atoms with Crippen LogP contribution in [0.1, 0.15) is 38.7 Å². The van der Waals surface area contributed by atoms with Gasteiger partial charge in [-0.05, 0) is 48.4 Å². The maximum Gasteiger partial charge on any atom is 0.185 e. The van der Waals surface area contributed by atoms with E-state index < -0.39 is 5.82 Å². The Morgan fingerprint density at radius 2 is 1.97 bits per heavy atom. The maximum absolute atomic E-state index is 14.5. The number of benzene rings is 1. The van der Waals surface area contributed by atoms with Crippen LogP contribution in [0.2, 0.25) is 0 Å². The third kappa shape index (κ3) is 4.30. The zero-order valence-corrected chi connectivity index (χ0v) is 18.0. The molecule has 0 saturated carbocycles. The fourth-order valence-electron chi connectivity index (χ4n) is 3.94. The number of fused-ring (bicyclic) bond motifs is 1. The third-order valence-corrected chi connectivity index (χ3v) is 5.56. The molecule has 5 rings (SSSR count). The smallest absolute Gasteiger partial charge is 0.185 e. The second kappa shape index (κ2) is 8.78. The van der Waals surface area contributed by atoms with Crippen LogP contribution in [0.5, 0.6) is 0 Å². The molecule has 0 saturated heterocycles. The monoisotopic (exact) mass is 437 g/mol. The summed E-state index contributed by atoms with van der Waals surface area (Å²) in [6.45, 7) is 1.82. The lowest BCUT2D eigenvalue weighted by Gasteiger charge is -2.11. The van der Waals surface area contributed by atoms with Gasteiger partial charge in [0, 0.05) is 42.9 Å². The number of hydrogen-bond donors (Lipinski definition) is 0. The van der Waals surface area contributed by atoms with Crippen molar-refractivity contribution in [3.05, 3.63) is 101 Å². The minimum atomic E-state index is -0.413. The van der Waals surface area contributed by atoms with Crippen molar-refractivity contribution in [1.29, 1.82) is 0 Å². The van der Waals surface area contributed by atoms with E-state index in [0.717, 1.165) is 39.6 Å². The Labute approximate surface area is 190 Å². The molecule has 1 aliphatic heterocycles. The molecule has 0 bridgehead atoms. The minimum absolute atomic E-state index is 0.0562. The lowest BCUT2D eigenvalue weighted by atomic mass is 9.98. The van der Waals surface area contributed by atoms with Gasteiger partial charge < -0.3 is 0 Å². The van der Waals surface area contributed by atoms with Gasteiger partial charge in [-0.3, -0.25) is 19.8 Å². The number of ketones is 1. The number of aliphatic imine (C=N–C) groups is 1. The fraction of sp³-hybridized carbons (Fsp3) is 0.154. The van der Waals surface area contributed by atoms with Crippen molar-refractivity contribution in [2.24, 2.45) is 4.99 Å². The van der Waals surface area contributed by atoms with E-state index in [1.807, 2.05) is 31.3 Å². The van der Waals surface area contributed by atoms with Gasteiger partial charge in [0.2, 0.25) is 0 Å². The molecule has 0 spiro atoms. The first-order chi connectivity index (χ1) is 16.1. The second-order valence-electron chi connectivity index (χ2n) is 7.90. The van der Waals surface area contributed by atoms with Crippen LogP contribution >= 0.6 is 0 Å². The summed E-state index contributed by atoms with van der Waals surface area (Å²) in [5.41, 5.74) is 6.33. The number of carbonyl (C=O) groups excluding carboxylic acids is 1. The molecule has 4 heterocycles. The highest BCUT2D eigenvalue weighted by Crippen LogP contribution is 2.34. The van der Waals surface area contributed by atoms with Crippen molar-refractivity contribution in [2.75, 3.05) is 0 Å². The molecule has 0 N–H and O–H groups in total. The average molecular weight is 437 g/mol. The standard InChI is InChI=1S/C26H20FN5O/c1-16-4-2-6-21(32-16)24(33)14-18-12-17(7-8-20(18)27)13-23-19(5-3-10-28-23)25-26-22(9-11-29-26)30-15-31-25/h2-8,10-12,15H,9,13-14H2,1H3. The first kappa shape index (κ1) is 20.8. The molecule has 1 aliphatic rings. The van der Waals surface area contributed by atoms with Crippen molar-refractivity contribution in [3.8, 4) is 11.3 Å². The normalized spacial score (nSPS) is 12.1. The van der Waals surface area contributed by atoms with Crippen LogP contribution in [-0.4, -0.2) is 31.9 Å². The molecule has 0 fully saturated rings. The molecule has 162 valence electrons. The van der Waals surface area contributed by atoms with Gasteiger partial charge in [0.1, 0.15) is 29.2 Å². The summed E-state index contributed by atoms with van der Waals surface area (Å²) in [6, 6.07) is 13.9. The number of aromatic nitrogens is 4. The highest BCUT2D eigenvalue weighted by Gasteiger charge is 2.19. The Balaban J connectivity index is 1.44. The summed E-state index contributed by atoms with van der Waals surface area (Å²) >= 11 is 0. The molecular weight excluding hydrogens is 417 g/mol. The lowest BCUT2D eigenvalue weighted by molar-refractivity contribution is 0.0987. The number of carbonyl (C=O) groups is 1. The van der Waals surface area contributed by atoms with Gasteiger partial charge in [-0.25, -0.2) is 14.4 Å². The number of halogens is 1. The Hall–Kier alpha value is -4.13. The quantitative estimate of drug-likeness (QED) is 0.410.